The van der Waals surface area contributed by atoms with Crippen LogP contribution in [0.3, 0.4) is 0 Å². The first-order chi connectivity index (χ1) is 11.8. The number of nitro benzene ring substituents is 1. The standard InChI is InChI=1S/C17H23N5O3/c1-11(8-16-12(2)20-21(4)13(16)3)19-17(23)18-10-14-6-5-7-15(9-14)22(24)25/h5-7,9,11H,8,10H2,1-4H3,(H2,18,19,23)/t11-/m1/s1. The molecule has 0 spiro atoms. The van der Waals surface area contributed by atoms with Gasteiger partial charge in [0.1, 0.15) is 0 Å². The average molecular weight is 345 g/mol. The van der Waals surface area contributed by atoms with Crippen molar-refractivity contribution in [3.63, 3.8) is 0 Å². The van der Waals surface area contributed by atoms with Gasteiger partial charge in [-0.05, 0) is 38.3 Å². The van der Waals surface area contributed by atoms with Crippen LogP contribution < -0.4 is 10.6 Å². The molecule has 0 saturated heterocycles. The minimum atomic E-state index is -0.454. The zero-order valence-electron chi connectivity index (χ0n) is 14.9. The van der Waals surface area contributed by atoms with Crippen molar-refractivity contribution in [3.05, 3.63) is 56.9 Å². The molecule has 8 nitrogen and oxygen atoms in total. The molecule has 2 amide bonds. The molecule has 0 saturated carbocycles. The van der Waals surface area contributed by atoms with Crippen molar-refractivity contribution in [1.82, 2.24) is 20.4 Å². The number of nitro groups is 1. The van der Waals surface area contributed by atoms with Gasteiger partial charge in [0.15, 0.2) is 0 Å². The van der Waals surface area contributed by atoms with Crippen molar-refractivity contribution in [2.75, 3.05) is 0 Å². The smallest absolute Gasteiger partial charge is 0.315 e. The number of carbonyl (C=O) groups is 1. The Morgan fingerprint density at radius 2 is 2.12 bits per heavy atom. The van der Waals surface area contributed by atoms with Gasteiger partial charge in [0.25, 0.3) is 5.69 Å². The molecule has 0 aliphatic rings. The number of aromatic nitrogens is 2. The Labute approximate surface area is 146 Å². The second-order valence-corrected chi connectivity index (χ2v) is 6.13. The maximum atomic E-state index is 12.0. The lowest BCUT2D eigenvalue weighted by atomic mass is 10.1. The average Bonchev–Trinajstić information content (AvgIpc) is 2.79. The van der Waals surface area contributed by atoms with Gasteiger partial charge >= 0.3 is 6.03 Å². The first kappa shape index (κ1) is 18.4. The van der Waals surface area contributed by atoms with Crippen LogP contribution in [0.5, 0.6) is 0 Å². The molecule has 0 radical (unpaired) electrons. The quantitative estimate of drug-likeness (QED) is 0.620. The Bertz CT molecular complexity index is 785. The second kappa shape index (κ2) is 7.78. The summed E-state index contributed by atoms with van der Waals surface area (Å²) < 4.78 is 1.83. The summed E-state index contributed by atoms with van der Waals surface area (Å²) in [7, 11) is 1.90. The van der Waals surface area contributed by atoms with E-state index in [9.17, 15) is 14.9 Å². The van der Waals surface area contributed by atoms with Crippen LogP contribution in [0.1, 0.15) is 29.4 Å². The lowest BCUT2D eigenvalue weighted by Gasteiger charge is -2.15. The molecule has 1 aromatic carbocycles. The van der Waals surface area contributed by atoms with Crippen molar-refractivity contribution in [2.24, 2.45) is 7.05 Å². The SMILES string of the molecule is Cc1nn(C)c(C)c1C[C@@H](C)NC(=O)NCc1cccc([N+](=O)[O-])c1. The molecule has 0 fully saturated rings. The van der Waals surface area contributed by atoms with Crippen LogP contribution >= 0.6 is 0 Å². The molecular weight excluding hydrogens is 322 g/mol. The number of hydrogen-bond acceptors (Lipinski definition) is 4. The predicted octanol–water partition coefficient (Wildman–Crippen LogP) is 2.38. The van der Waals surface area contributed by atoms with Gasteiger partial charge in [0.05, 0.1) is 10.6 Å². The fourth-order valence-electron chi connectivity index (χ4n) is 2.71. The molecule has 1 aromatic heterocycles. The van der Waals surface area contributed by atoms with Crippen LogP contribution in [0, 0.1) is 24.0 Å². The van der Waals surface area contributed by atoms with Crippen LogP contribution in [0.2, 0.25) is 0 Å². The van der Waals surface area contributed by atoms with Crippen LogP contribution in [0.15, 0.2) is 24.3 Å². The molecule has 1 heterocycles. The number of carbonyl (C=O) groups excluding carboxylic acids is 1. The number of benzene rings is 1. The zero-order valence-corrected chi connectivity index (χ0v) is 14.9. The van der Waals surface area contributed by atoms with Crippen molar-refractivity contribution in [2.45, 2.75) is 39.8 Å². The summed E-state index contributed by atoms with van der Waals surface area (Å²) in [5, 5.41) is 20.7. The van der Waals surface area contributed by atoms with Gasteiger partial charge in [0, 0.05) is 37.5 Å². The summed E-state index contributed by atoms with van der Waals surface area (Å²) >= 11 is 0. The number of amides is 2. The summed E-state index contributed by atoms with van der Waals surface area (Å²) in [5.41, 5.74) is 3.87. The third-order valence-corrected chi connectivity index (χ3v) is 4.12. The number of non-ortho nitro benzene ring substituents is 1. The van der Waals surface area contributed by atoms with E-state index in [1.165, 1.54) is 12.1 Å². The number of rotatable bonds is 6. The third kappa shape index (κ3) is 4.79. The van der Waals surface area contributed by atoms with E-state index in [4.69, 9.17) is 0 Å². The summed E-state index contributed by atoms with van der Waals surface area (Å²) in [6, 6.07) is 5.84. The second-order valence-electron chi connectivity index (χ2n) is 6.13. The summed E-state index contributed by atoms with van der Waals surface area (Å²) in [5.74, 6) is 0. The summed E-state index contributed by atoms with van der Waals surface area (Å²) in [6.45, 7) is 6.12. The van der Waals surface area contributed by atoms with E-state index >= 15 is 0 Å². The van der Waals surface area contributed by atoms with Crippen molar-refractivity contribution in [1.29, 1.82) is 0 Å². The van der Waals surface area contributed by atoms with Gasteiger partial charge in [-0.25, -0.2) is 4.79 Å². The van der Waals surface area contributed by atoms with Crippen LogP contribution in [-0.4, -0.2) is 26.8 Å². The monoisotopic (exact) mass is 345 g/mol. The molecule has 2 aromatic rings. The van der Waals surface area contributed by atoms with E-state index in [1.54, 1.807) is 12.1 Å². The zero-order chi connectivity index (χ0) is 18.6. The van der Waals surface area contributed by atoms with Crippen LogP contribution in [0.25, 0.3) is 0 Å². The van der Waals surface area contributed by atoms with Crippen molar-refractivity contribution in [3.8, 4) is 0 Å². The molecule has 1 atom stereocenters. The Balaban J connectivity index is 1.87. The molecular formula is C17H23N5O3. The van der Waals surface area contributed by atoms with Crippen LogP contribution in [-0.2, 0) is 20.0 Å². The highest BCUT2D eigenvalue weighted by molar-refractivity contribution is 5.74. The molecule has 0 bridgehead atoms. The third-order valence-electron chi connectivity index (χ3n) is 4.12. The predicted molar refractivity (Wildman–Crippen MR) is 94.3 cm³/mol. The van der Waals surface area contributed by atoms with Gasteiger partial charge in [-0.2, -0.15) is 5.10 Å². The van der Waals surface area contributed by atoms with E-state index in [0.717, 1.165) is 17.0 Å². The topological polar surface area (TPSA) is 102 Å². The Hall–Kier alpha value is -2.90. The minimum absolute atomic E-state index is 0.00982. The molecule has 2 N–H and O–H groups in total. The highest BCUT2D eigenvalue weighted by Crippen LogP contribution is 2.14. The number of urea groups is 1. The molecule has 8 heteroatoms. The van der Waals surface area contributed by atoms with E-state index in [-0.39, 0.29) is 24.3 Å². The van der Waals surface area contributed by atoms with Crippen molar-refractivity contribution < 1.29 is 9.72 Å². The lowest BCUT2D eigenvalue weighted by molar-refractivity contribution is -0.384. The number of aryl methyl sites for hydroxylation is 2. The Morgan fingerprint density at radius 1 is 1.40 bits per heavy atom. The number of hydrogen-bond donors (Lipinski definition) is 2. The van der Waals surface area contributed by atoms with Gasteiger partial charge < -0.3 is 10.6 Å². The van der Waals surface area contributed by atoms with E-state index in [1.807, 2.05) is 32.5 Å². The normalized spacial score (nSPS) is 11.8. The molecule has 0 unspecified atom stereocenters. The first-order valence-electron chi connectivity index (χ1n) is 8.04. The van der Waals surface area contributed by atoms with E-state index in [0.29, 0.717) is 12.0 Å². The molecule has 0 aliphatic heterocycles. The lowest BCUT2D eigenvalue weighted by Crippen LogP contribution is -2.41. The van der Waals surface area contributed by atoms with E-state index in [2.05, 4.69) is 15.7 Å². The fraction of sp³-hybridized carbons (Fsp3) is 0.412. The largest absolute Gasteiger partial charge is 0.335 e. The van der Waals surface area contributed by atoms with Gasteiger partial charge in [-0.15, -0.1) is 0 Å². The first-order valence-corrected chi connectivity index (χ1v) is 8.04. The molecule has 0 aliphatic carbocycles. The number of nitrogens with zero attached hydrogens (tertiary/aromatic N) is 3. The maximum Gasteiger partial charge on any atom is 0.315 e. The molecule has 25 heavy (non-hydrogen) atoms. The summed E-state index contributed by atoms with van der Waals surface area (Å²) in [6.07, 6.45) is 0.690. The molecule has 2 rings (SSSR count). The van der Waals surface area contributed by atoms with Gasteiger partial charge in [-0.1, -0.05) is 12.1 Å². The highest BCUT2D eigenvalue weighted by Gasteiger charge is 2.14. The fourth-order valence-corrected chi connectivity index (χ4v) is 2.71. The van der Waals surface area contributed by atoms with Crippen molar-refractivity contribution >= 4 is 11.7 Å². The minimum Gasteiger partial charge on any atom is -0.335 e. The number of nitrogens with one attached hydrogen (secondary N) is 2. The summed E-state index contributed by atoms with van der Waals surface area (Å²) in [4.78, 5) is 22.3. The molecule has 134 valence electrons. The van der Waals surface area contributed by atoms with Gasteiger partial charge in [0.2, 0.25) is 0 Å². The van der Waals surface area contributed by atoms with Gasteiger partial charge in [-0.3, -0.25) is 14.8 Å². The van der Waals surface area contributed by atoms with Crippen LogP contribution in [0.4, 0.5) is 10.5 Å². The Morgan fingerprint density at radius 3 is 2.72 bits per heavy atom. The Kier molecular flexibility index (Phi) is 5.74. The highest BCUT2D eigenvalue weighted by atomic mass is 16.6. The maximum absolute atomic E-state index is 12.0. The van der Waals surface area contributed by atoms with E-state index < -0.39 is 4.92 Å².